The fourth-order valence-corrected chi connectivity index (χ4v) is 2.26. The fraction of sp³-hybridized carbons (Fsp3) is 0. The van der Waals surface area contributed by atoms with E-state index < -0.39 is 10.1 Å². The van der Waals surface area contributed by atoms with Gasteiger partial charge >= 0.3 is 0 Å². The molecule has 4 heteroatoms. The van der Waals surface area contributed by atoms with Crippen molar-refractivity contribution in [3.63, 3.8) is 0 Å². The van der Waals surface area contributed by atoms with Crippen molar-refractivity contribution < 1.29 is 13.0 Å². The zero-order valence-electron chi connectivity index (χ0n) is 8.37. The van der Waals surface area contributed by atoms with Crippen LogP contribution in [0.15, 0.2) is 70.7 Å². The van der Waals surface area contributed by atoms with Crippen LogP contribution in [0.5, 0.6) is 0 Å². The van der Waals surface area contributed by atoms with E-state index in [0.717, 1.165) is 5.57 Å². The van der Waals surface area contributed by atoms with Gasteiger partial charge in [0, 0.05) is 5.57 Å². The summed E-state index contributed by atoms with van der Waals surface area (Å²) in [6, 6.07) is 0. The molecule has 2 rings (SSSR count). The maximum absolute atomic E-state index is 11.2. The number of hydrogen-bond acceptors (Lipinski definition) is 2. The Balaban J connectivity index is 2.64. The van der Waals surface area contributed by atoms with E-state index in [1.807, 2.05) is 6.08 Å². The second kappa shape index (κ2) is 4.08. The van der Waals surface area contributed by atoms with Gasteiger partial charge in [0.1, 0.15) is 4.91 Å². The van der Waals surface area contributed by atoms with E-state index in [1.165, 1.54) is 6.08 Å². The maximum atomic E-state index is 11.2. The molecule has 0 saturated carbocycles. The third-order valence-corrected chi connectivity index (χ3v) is 3.16. The van der Waals surface area contributed by atoms with Crippen molar-refractivity contribution in [3.05, 3.63) is 70.7 Å². The highest BCUT2D eigenvalue weighted by Gasteiger charge is 2.20. The highest BCUT2D eigenvalue weighted by molar-refractivity contribution is 7.90. The number of rotatable bonds is 1. The molecule has 2 aliphatic rings. The molecule has 82 valence electrons. The molecule has 0 amide bonds. The lowest BCUT2D eigenvalue weighted by Gasteiger charge is -2.07. The lowest BCUT2D eigenvalue weighted by molar-refractivity contribution is 0.491. The molecule has 0 unspecified atom stereocenters. The molecule has 0 radical (unpaired) electrons. The molecule has 0 aromatic rings. The summed E-state index contributed by atoms with van der Waals surface area (Å²) in [7, 11) is -4.20. The lowest BCUT2D eigenvalue weighted by Crippen LogP contribution is -2.05. The molecule has 0 fully saturated rings. The summed E-state index contributed by atoms with van der Waals surface area (Å²) in [5.41, 5.74) is 1.25. The van der Waals surface area contributed by atoms with Gasteiger partial charge in [0.15, 0.2) is 0 Å². The van der Waals surface area contributed by atoms with Gasteiger partial charge in [0.25, 0.3) is 10.1 Å². The first-order valence-corrected chi connectivity index (χ1v) is 6.15. The van der Waals surface area contributed by atoms with Crippen LogP contribution in [-0.4, -0.2) is 13.0 Å². The van der Waals surface area contributed by atoms with Crippen LogP contribution >= 0.6 is 0 Å². The van der Waals surface area contributed by atoms with Gasteiger partial charge in [-0.05, 0) is 11.6 Å². The van der Waals surface area contributed by atoms with Crippen LogP contribution in [-0.2, 0) is 10.1 Å². The van der Waals surface area contributed by atoms with Crippen LogP contribution in [0.2, 0.25) is 0 Å². The van der Waals surface area contributed by atoms with Crippen LogP contribution in [0, 0.1) is 0 Å². The third kappa shape index (κ3) is 2.13. The first-order chi connectivity index (χ1) is 7.59. The Hall–Kier alpha value is -1.65. The average molecular weight is 234 g/mol. The van der Waals surface area contributed by atoms with Crippen molar-refractivity contribution in [2.24, 2.45) is 0 Å². The standard InChI is InChI=1S/C12H10O3S/c13-16(14,15)12-9-5-4-7-10-6-2-1-3-8-11(10)12/h1-9H,(H,13,14,15). The average Bonchev–Trinajstić information content (AvgIpc) is 2.49. The summed E-state index contributed by atoms with van der Waals surface area (Å²) in [5.74, 6) is 0. The molecule has 0 bridgehead atoms. The minimum Gasteiger partial charge on any atom is -0.282 e. The van der Waals surface area contributed by atoms with Crippen LogP contribution < -0.4 is 0 Å². The molecule has 0 aromatic heterocycles. The van der Waals surface area contributed by atoms with E-state index in [2.05, 4.69) is 0 Å². The van der Waals surface area contributed by atoms with Gasteiger partial charge in [-0.15, -0.1) is 0 Å². The molecule has 0 atom stereocenters. The third-order valence-electron chi connectivity index (χ3n) is 2.25. The second-order valence-corrected chi connectivity index (χ2v) is 4.73. The van der Waals surface area contributed by atoms with E-state index >= 15 is 0 Å². The molecular weight excluding hydrogens is 224 g/mol. The largest absolute Gasteiger partial charge is 0.295 e. The van der Waals surface area contributed by atoms with Gasteiger partial charge in [-0.25, -0.2) is 0 Å². The summed E-state index contributed by atoms with van der Waals surface area (Å²) in [4.78, 5) is -0.0799. The van der Waals surface area contributed by atoms with Crippen LogP contribution in [0.3, 0.4) is 0 Å². The Morgan fingerprint density at radius 3 is 2.31 bits per heavy atom. The Kier molecular flexibility index (Phi) is 2.77. The first-order valence-electron chi connectivity index (χ1n) is 4.71. The zero-order chi connectivity index (χ0) is 11.6. The van der Waals surface area contributed by atoms with Gasteiger partial charge in [-0.3, -0.25) is 4.55 Å². The Morgan fingerprint density at radius 2 is 1.56 bits per heavy atom. The van der Waals surface area contributed by atoms with Gasteiger partial charge in [0.2, 0.25) is 0 Å². The first kappa shape index (κ1) is 10.9. The second-order valence-electron chi connectivity index (χ2n) is 3.34. The highest BCUT2D eigenvalue weighted by atomic mass is 32.2. The number of hydrogen-bond donors (Lipinski definition) is 1. The van der Waals surface area contributed by atoms with E-state index in [9.17, 15) is 8.42 Å². The van der Waals surface area contributed by atoms with Crippen LogP contribution in [0.25, 0.3) is 0 Å². The minimum absolute atomic E-state index is 0.0799. The molecule has 0 spiro atoms. The smallest absolute Gasteiger partial charge is 0.282 e. The van der Waals surface area contributed by atoms with E-state index in [4.69, 9.17) is 4.55 Å². The van der Waals surface area contributed by atoms with E-state index in [-0.39, 0.29) is 4.91 Å². The molecular formula is C12H10O3S. The predicted octanol–water partition coefficient (Wildman–Crippen LogP) is 2.31. The maximum Gasteiger partial charge on any atom is 0.295 e. The topological polar surface area (TPSA) is 54.4 Å². The zero-order valence-corrected chi connectivity index (χ0v) is 9.18. The molecule has 0 aliphatic heterocycles. The summed E-state index contributed by atoms with van der Waals surface area (Å²) in [5, 5.41) is 0. The Morgan fingerprint density at radius 1 is 0.875 bits per heavy atom. The Bertz CT molecular complexity index is 582. The van der Waals surface area contributed by atoms with Gasteiger partial charge in [0.05, 0.1) is 0 Å². The Labute approximate surface area is 94.2 Å². The van der Waals surface area contributed by atoms with Crippen molar-refractivity contribution in [2.45, 2.75) is 0 Å². The fourth-order valence-electron chi connectivity index (χ4n) is 1.55. The van der Waals surface area contributed by atoms with Gasteiger partial charge in [-0.1, -0.05) is 48.6 Å². The molecule has 16 heavy (non-hydrogen) atoms. The number of fused-ring (bicyclic) bond motifs is 1. The van der Waals surface area contributed by atoms with Crippen molar-refractivity contribution in [2.75, 3.05) is 0 Å². The highest BCUT2D eigenvalue weighted by Crippen LogP contribution is 2.28. The summed E-state index contributed by atoms with van der Waals surface area (Å²) in [6.45, 7) is 0. The molecule has 1 N–H and O–H groups in total. The normalized spacial score (nSPS) is 19.2. The number of allylic oxidation sites excluding steroid dienone is 11. The molecule has 0 saturated heterocycles. The predicted molar refractivity (Wildman–Crippen MR) is 63.2 cm³/mol. The monoisotopic (exact) mass is 234 g/mol. The van der Waals surface area contributed by atoms with Crippen LogP contribution in [0.4, 0.5) is 0 Å². The van der Waals surface area contributed by atoms with Crippen LogP contribution in [0.1, 0.15) is 0 Å². The van der Waals surface area contributed by atoms with Crippen molar-refractivity contribution >= 4 is 10.1 Å². The van der Waals surface area contributed by atoms with Crippen molar-refractivity contribution in [3.8, 4) is 0 Å². The SMILES string of the molecule is O=S(=O)(O)C1=CC=CC=C2C=CC=CC=C21. The van der Waals surface area contributed by atoms with Gasteiger partial charge in [-0.2, -0.15) is 8.42 Å². The van der Waals surface area contributed by atoms with Crippen molar-refractivity contribution in [1.82, 2.24) is 0 Å². The summed E-state index contributed by atoms with van der Waals surface area (Å²) < 4.78 is 31.6. The molecule has 3 nitrogen and oxygen atoms in total. The molecule has 0 heterocycles. The van der Waals surface area contributed by atoms with Crippen molar-refractivity contribution in [1.29, 1.82) is 0 Å². The summed E-state index contributed by atoms with van der Waals surface area (Å²) >= 11 is 0. The van der Waals surface area contributed by atoms with E-state index in [0.29, 0.717) is 5.57 Å². The quantitative estimate of drug-likeness (QED) is 0.708. The summed E-state index contributed by atoms with van der Waals surface area (Å²) in [6.07, 6.45) is 15.3. The molecule has 0 aromatic carbocycles. The molecule has 2 aliphatic carbocycles. The van der Waals surface area contributed by atoms with E-state index in [1.54, 1.807) is 42.5 Å². The lowest BCUT2D eigenvalue weighted by atomic mass is 10.1. The van der Waals surface area contributed by atoms with Gasteiger partial charge < -0.3 is 0 Å². The minimum atomic E-state index is -4.20.